The molecule has 1 N–H and O–H groups in total. The second-order valence-corrected chi connectivity index (χ2v) is 5.17. The highest BCUT2D eigenvalue weighted by molar-refractivity contribution is 5.76. The highest BCUT2D eigenvalue weighted by atomic mass is 16.5. The van der Waals surface area contributed by atoms with Gasteiger partial charge in [0.05, 0.1) is 13.2 Å². The van der Waals surface area contributed by atoms with Gasteiger partial charge in [-0.05, 0) is 12.5 Å². The predicted octanol–water partition coefficient (Wildman–Crippen LogP) is 1.33. The van der Waals surface area contributed by atoms with Gasteiger partial charge < -0.3 is 15.0 Å². The largest absolute Gasteiger partial charge is 0.378 e. The van der Waals surface area contributed by atoms with Crippen LogP contribution in [0.2, 0.25) is 0 Å². The van der Waals surface area contributed by atoms with Crippen LogP contribution in [-0.2, 0) is 16.1 Å². The van der Waals surface area contributed by atoms with E-state index in [9.17, 15) is 4.79 Å². The Labute approximate surface area is 114 Å². The quantitative estimate of drug-likeness (QED) is 0.890. The minimum Gasteiger partial charge on any atom is -0.378 e. The average Bonchev–Trinajstić information content (AvgIpc) is 2.40. The number of benzene rings is 1. The fourth-order valence-corrected chi connectivity index (χ4v) is 2.29. The molecule has 104 valence electrons. The minimum absolute atomic E-state index is 0.154. The normalized spacial score (nSPS) is 19.2. The maximum absolute atomic E-state index is 12.1. The van der Waals surface area contributed by atoms with Gasteiger partial charge in [-0.2, -0.15) is 0 Å². The van der Waals surface area contributed by atoms with Crippen molar-refractivity contribution < 1.29 is 9.53 Å². The van der Waals surface area contributed by atoms with Gasteiger partial charge in [0, 0.05) is 32.6 Å². The maximum Gasteiger partial charge on any atom is 0.224 e. The van der Waals surface area contributed by atoms with Crippen molar-refractivity contribution >= 4 is 5.91 Å². The molecule has 1 unspecified atom stereocenters. The fourth-order valence-electron chi connectivity index (χ4n) is 2.29. The highest BCUT2D eigenvalue weighted by Crippen LogP contribution is 2.09. The first-order chi connectivity index (χ1) is 9.15. The minimum atomic E-state index is 0.154. The first-order valence-corrected chi connectivity index (χ1v) is 6.76. The average molecular weight is 262 g/mol. The van der Waals surface area contributed by atoms with Crippen molar-refractivity contribution in [1.82, 2.24) is 10.2 Å². The standard InChI is InChI=1S/C15H22N2O2/c1-12-4-3-5-13(8-12)10-17(2)15(18)9-14-11-19-7-6-16-14/h3-5,8,14,16H,6-7,9-11H2,1-2H3. The molecule has 1 fully saturated rings. The molecule has 1 aromatic rings. The maximum atomic E-state index is 12.1. The molecule has 1 saturated heterocycles. The Morgan fingerprint density at radius 3 is 3.05 bits per heavy atom. The van der Waals surface area contributed by atoms with E-state index in [1.807, 2.05) is 13.1 Å². The van der Waals surface area contributed by atoms with Crippen LogP contribution in [0.4, 0.5) is 0 Å². The SMILES string of the molecule is Cc1cccc(CN(C)C(=O)CC2COCCN2)c1. The summed E-state index contributed by atoms with van der Waals surface area (Å²) in [5, 5.41) is 3.31. The molecule has 0 spiro atoms. The van der Waals surface area contributed by atoms with Gasteiger partial charge in [0.25, 0.3) is 0 Å². The van der Waals surface area contributed by atoms with Crippen LogP contribution in [0.1, 0.15) is 17.5 Å². The smallest absolute Gasteiger partial charge is 0.224 e. The van der Waals surface area contributed by atoms with Crippen LogP contribution >= 0.6 is 0 Å². The van der Waals surface area contributed by atoms with Gasteiger partial charge in [0.2, 0.25) is 5.91 Å². The summed E-state index contributed by atoms with van der Waals surface area (Å²) in [7, 11) is 1.86. The molecule has 0 aromatic heterocycles. The molecule has 1 heterocycles. The molecule has 2 rings (SSSR count). The summed E-state index contributed by atoms with van der Waals surface area (Å²) < 4.78 is 5.36. The molecule has 1 amide bonds. The lowest BCUT2D eigenvalue weighted by Gasteiger charge is -2.25. The van der Waals surface area contributed by atoms with Crippen LogP contribution < -0.4 is 5.32 Å². The lowest BCUT2D eigenvalue weighted by atomic mass is 10.1. The van der Waals surface area contributed by atoms with Crippen LogP contribution in [0.5, 0.6) is 0 Å². The van der Waals surface area contributed by atoms with Crippen molar-refractivity contribution in [2.24, 2.45) is 0 Å². The Balaban J connectivity index is 1.84. The fraction of sp³-hybridized carbons (Fsp3) is 0.533. The molecule has 1 aliphatic heterocycles. The van der Waals surface area contributed by atoms with Crippen LogP contribution in [0.15, 0.2) is 24.3 Å². The summed E-state index contributed by atoms with van der Waals surface area (Å²) in [4.78, 5) is 13.9. The van der Waals surface area contributed by atoms with Crippen molar-refractivity contribution in [3.63, 3.8) is 0 Å². The molecule has 1 aromatic carbocycles. The highest BCUT2D eigenvalue weighted by Gasteiger charge is 2.19. The Bertz CT molecular complexity index is 428. The number of rotatable bonds is 4. The second kappa shape index (κ2) is 6.68. The lowest BCUT2D eigenvalue weighted by molar-refractivity contribution is -0.131. The molecule has 0 radical (unpaired) electrons. The van der Waals surface area contributed by atoms with Crippen LogP contribution in [-0.4, -0.2) is 43.7 Å². The number of aryl methyl sites for hydroxylation is 1. The number of morpholine rings is 1. The van der Waals surface area contributed by atoms with E-state index in [1.165, 1.54) is 11.1 Å². The monoisotopic (exact) mass is 262 g/mol. The number of carbonyl (C=O) groups excluding carboxylic acids is 1. The van der Waals surface area contributed by atoms with E-state index in [0.717, 1.165) is 13.2 Å². The molecule has 19 heavy (non-hydrogen) atoms. The topological polar surface area (TPSA) is 41.6 Å². The van der Waals surface area contributed by atoms with Crippen LogP contribution in [0.3, 0.4) is 0 Å². The van der Waals surface area contributed by atoms with Crippen molar-refractivity contribution in [3.8, 4) is 0 Å². The number of nitrogens with zero attached hydrogens (tertiary/aromatic N) is 1. The van der Waals surface area contributed by atoms with Crippen molar-refractivity contribution in [2.45, 2.75) is 25.9 Å². The Hall–Kier alpha value is -1.39. The molecule has 4 nitrogen and oxygen atoms in total. The van der Waals surface area contributed by atoms with Gasteiger partial charge in [0.1, 0.15) is 0 Å². The van der Waals surface area contributed by atoms with Crippen LogP contribution in [0.25, 0.3) is 0 Å². The third kappa shape index (κ3) is 4.33. The van der Waals surface area contributed by atoms with Gasteiger partial charge in [-0.25, -0.2) is 0 Å². The molecule has 4 heteroatoms. The number of carbonyl (C=O) groups is 1. The van der Waals surface area contributed by atoms with Gasteiger partial charge >= 0.3 is 0 Å². The zero-order valence-electron chi connectivity index (χ0n) is 11.7. The van der Waals surface area contributed by atoms with E-state index >= 15 is 0 Å². The number of amides is 1. The number of ether oxygens (including phenoxy) is 1. The first kappa shape index (κ1) is 14.0. The third-order valence-corrected chi connectivity index (χ3v) is 3.35. The first-order valence-electron chi connectivity index (χ1n) is 6.76. The lowest BCUT2D eigenvalue weighted by Crippen LogP contribution is -2.44. The van der Waals surface area contributed by atoms with E-state index in [2.05, 4.69) is 30.4 Å². The predicted molar refractivity (Wildman–Crippen MR) is 74.9 cm³/mol. The second-order valence-electron chi connectivity index (χ2n) is 5.17. The third-order valence-electron chi connectivity index (χ3n) is 3.35. The summed E-state index contributed by atoms with van der Waals surface area (Å²) in [5.41, 5.74) is 2.39. The van der Waals surface area contributed by atoms with Gasteiger partial charge in [-0.1, -0.05) is 29.8 Å². The van der Waals surface area contributed by atoms with Crippen molar-refractivity contribution in [1.29, 1.82) is 0 Å². The van der Waals surface area contributed by atoms with E-state index in [0.29, 0.717) is 19.6 Å². The van der Waals surface area contributed by atoms with E-state index in [-0.39, 0.29) is 11.9 Å². The summed E-state index contributed by atoms with van der Waals surface area (Å²) in [5.74, 6) is 0.157. The number of nitrogens with one attached hydrogen (secondary N) is 1. The Morgan fingerprint density at radius 1 is 1.53 bits per heavy atom. The summed E-state index contributed by atoms with van der Waals surface area (Å²) in [6.45, 7) is 4.93. The summed E-state index contributed by atoms with van der Waals surface area (Å²) in [6, 6.07) is 8.42. The van der Waals surface area contributed by atoms with Gasteiger partial charge in [-0.3, -0.25) is 4.79 Å². The van der Waals surface area contributed by atoms with E-state index < -0.39 is 0 Å². The number of hydrogen-bond acceptors (Lipinski definition) is 3. The van der Waals surface area contributed by atoms with E-state index in [1.54, 1.807) is 4.90 Å². The molecule has 0 saturated carbocycles. The molecular weight excluding hydrogens is 240 g/mol. The Kier molecular flexibility index (Phi) is 4.93. The van der Waals surface area contributed by atoms with Crippen molar-refractivity contribution in [2.75, 3.05) is 26.8 Å². The molecular formula is C15H22N2O2. The molecule has 1 aliphatic rings. The van der Waals surface area contributed by atoms with Gasteiger partial charge in [-0.15, -0.1) is 0 Å². The zero-order valence-corrected chi connectivity index (χ0v) is 11.7. The number of hydrogen-bond donors (Lipinski definition) is 1. The van der Waals surface area contributed by atoms with E-state index in [4.69, 9.17) is 4.74 Å². The van der Waals surface area contributed by atoms with Crippen molar-refractivity contribution in [3.05, 3.63) is 35.4 Å². The van der Waals surface area contributed by atoms with Gasteiger partial charge in [0.15, 0.2) is 0 Å². The zero-order chi connectivity index (χ0) is 13.7. The van der Waals surface area contributed by atoms with Crippen LogP contribution in [0, 0.1) is 6.92 Å². The Morgan fingerprint density at radius 2 is 2.37 bits per heavy atom. The summed E-state index contributed by atoms with van der Waals surface area (Å²) >= 11 is 0. The summed E-state index contributed by atoms with van der Waals surface area (Å²) in [6.07, 6.45) is 0.502. The molecule has 0 bridgehead atoms. The molecule has 1 atom stereocenters. The molecule has 0 aliphatic carbocycles.